The maximum atomic E-state index is 14.5. The van der Waals surface area contributed by atoms with Crippen LogP contribution in [0.5, 0.6) is 5.75 Å². The van der Waals surface area contributed by atoms with Gasteiger partial charge in [0, 0.05) is 31.3 Å². The van der Waals surface area contributed by atoms with Crippen molar-refractivity contribution in [2.75, 3.05) is 26.4 Å². The van der Waals surface area contributed by atoms with Gasteiger partial charge in [-0.05, 0) is 94.1 Å². The van der Waals surface area contributed by atoms with E-state index in [0.29, 0.717) is 38.8 Å². The average Bonchev–Trinajstić information content (AvgIpc) is 2.99. The summed E-state index contributed by atoms with van der Waals surface area (Å²) in [4.78, 5) is 40.9. The fourth-order valence-corrected chi connectivity index (χ4v) is 9.05. The second-order valence-electron chi connectivity index (χ2n) is 11.6. The lowest BCUT2D eigenvalue weighted by Gasteiger charge is -2.21. The minimum atomic E-state index is -4.55. The molecule has 1 aromatic heterocycles. The van der Waals surface area contributed by atoms with Crippen LogP contribution in [-0.2, 0) is 13.8 Å². The van der Waals surface area contributed by atoms with E-state index in [1.165, 1.54) is 0 Å². The fraction of sp³-hybridized carbons (Fsp3) is 0.270. The molecule has 0 spiro atoms. The first-order valence-corrected chi connectivity index (χ1v) is 17.5. The van der Waals surface area contributed by atoms with E-state index in [1.54, 1.807) is 45.1 Å². The van der Waals surface area contributed by atoms with E-state index in [1.807, 2.05) is 74.5 Å². The summed E-state index contributed by atoms with van der Waals surface area (Å²) in [5.74, 6) is 0.542. The zero-order chi connectivity index (χ0) is 33.2. The third-order valence-corrected chi connectivity index (χ3v) is 11.1. The molecule has 1 heterocycles. The number of carbonyl (C=O) groups is 2. The van der Waals surface area contributed by atoms with Gasteiger partial charge in [-0.15, -0.1) is 11.3 Å². The molecule has 0 saturated carbocycles. The Morgan fingerprint density at radius 2 is 1.17 bits per heavy atom. The molecular weight excluding hydrogens is 619 g/mol. The van der Waals surface area contributed by atoms with Crippen LogP contribution in [0.25, 0.3) is 20.2 Å². The van der Waals surface area contributed by atoms with Crippen molar-refractivity contribution in [2.24, 2.45) is 0 Å². The molecule has 5 aromatic rings. The Morgan fingerprint density at radius 3 is 1.76 bits per heavy atom. The molecule has 0 amide bonds. The van der Waals surface area contributed by atoms with Gasteiger partial charge >= 0.3 is 7.37 Å². The summed E-state index contributed by atoms with van der Waals surface area (Å²) in [5.41, 5.74) is 3.29. The molecule has 9 heteroatoms. The van der Waals surface area contributed by atoms with E-state index in [9.17, 15) is 18.9 Å². The predicted octanol–water partition coefficient (Wildman–Crippen LogP) is 8.64. The average molecular weight is 657 g/mol. The zero-order valence-corrected chi connectivity index (χ0v) is 28.6. The molecule has 0 aliphatic rings. The molecule has 46 heavy (non-hydrogen) atoms. The molecule has 0 bridgehead atoms. The van der Waals surface area contributed by atoms with Gasteiger partial charge in [0.25, 0.3) is 11.0 Å². The first-order chi connectivity index (χ1) is 21.9. The van der Waals surface area contributed by atoms with Crippen LogP contribution in [0.2, 0.25) is 0 Å². The largest absolute Gasteiger partial charge is 0.491 e. The number of hydrogen-bond donors (Lipinski definition) is 0. The lowest BCUT2D eigenvalue weighted by atomic mass is 10.0. The number of hydrogen-bond acceptors (Lipinski definition) is 8. The van der Waals surface area contributed by atoms with E-state index in [2.05, 4.69) is 0 Å². The van der Waals surface area contributed by atoms with Crippen LogP contribution in [0, 0.1) is 41.5 Å². The molecule has 4 aromatic carbocycles. The summed E-state index contributed by atoms with van der Waals surface area (Å²) in [6.07, 6.45) is 0. The van der Waals surface area contributed by atoms with Crippen LogP contribution in [0.4, 0.5) is 0 Å². The lowest BCUT2D eigenvalue weighted by molar-refractivity contribution is 0.0741. The molecular formula is C37H37O7PS. The molecule has 0 unspecified atom stereocenters. The molecule has 7 nitrogen and oxygen atoms in total. The third-order valence-electron chi connectivity index (χ3n) is 7.86. The van der Waals surface area contributed by atoms with Gasteiger partial charge in [-0.2, -0.15) is 0 Å². The summed E-state index contributed by atoms with van der Waals surface area (Å²) in [6.45, 7) is 11.0. The molecule has 0 N–H and O–H groups in total. The highest BCUT2D eigenvalue weighted by Crippen LogP contribution is 2.54. The smallest absolute Gasteiger partial charge is 0.340 e. The summed E-state index contributed by atoms with van der Waals surface area (Å²) < 4.78 is 33.5. The summed E-state index contributed by atoms with van der Waals surface area (Å²) >= 11 is 1.55. The van der Waals surface area contributed by atoms with Gasteiger partial charge in [0.15, 0.2) is 5.43 Å². The van der Waals surface area contributed by atoms with E-state index >= 15 is 0 Å². The van der Waals surface area contributed by atoms with Crippen molar-refractivity contribution in [3.63, 3.8) is 0 Å². The maximum absolute atomic E-state index is 14.5. The van der Waals surface area contributed by atoms with Gasteiger partial charge in [0.1, 0.15) is 12.4 Å². The van der Waals surface area contributed by atoms with Crippen LogP contribution >= 0.6 is 18.7 Å². The number of fused-ring (bicyclic) bond motifs is 2. The van der Waals surface area contributed by atoms with Crippen LogP contribution in [0.3, 0.4) is 0 Å². The molecule has 0 aliphatic carbocycles. The van der Waals surface area contributed by atoms with Crippen LogP contribution in [0.1, 0.15) is 54.1 Å². The fourth-order valence-electron chi connectivity index (χ4n) is 5.96. The summed E-state index contributed by atoms with van der Waals surface area (Å²) in [6, 6.07) is 20.3. The van der Waals surface area contributed by atoms with E-state index in [4.69, 9.17) is 14.0 Å². The lowest BCUT2D eigenvalue weighted by Crippen LogP contribution is -2.19. The summed E-state index contributed by atoms with van der Waals surface area (Å²) in [7, 11) is -4.55. The second kappa shape index (κ2) is 13.8. The van der Waals surface area contributed by atoms with E-state index in [-0.39, 0.29) is 43.0 Å². The molecule has 0 aliphatic heterocycles. The van der Waals surface area contributed by atoms with Gasteiger partial charge in [-0.3, -0.25) is 18.9 Å². The van der Waals surface area contributed by atoms with Gasteiger partial charge in [-0.25, -0.2) is 0 Å². The van der Waals surface area contributed by atoms with Crippen LogP contribution < -0.4 is 10.2 Å². The number of carbonyl (C=O) groups excluding carboxylic acids is 2. The first kappa shape index (κ1) is 33.4. The van der Waals surface area contributed by atoms with Gasteiger partial charge in [-0.1, -0.05) is 47.5 Å². The molecule has 0 fully saturated rings. The highest BCUT2D eigenvalue weighted by atomic mass is 32.1. The highest BCUT2D eigenvalue weighted by molar-refractivity contribution is 7.91. The van der Waals surface area contributed by atoms with Crippen LogP contribution in [0.15, 0.2) is 71.5 Å². The Hall–Kier alpha value is -3.94. The Morgan fingerprint density at radius 1 is 0.652 bits per heavy atom. The molecule has 0 saturated heterocycles. The van der Waals surface area contributed by atoms with Crippen molar-refractivity contribution in [3.8, 4) is 5.75 Å². The van der Waals surface area contributed by atoms with Crippen molar-refractivity contribution in [2.45, 2.75) is 41.5 Å². The Kier molecular flexibility index (Phi) is 10.0. The molecule has 0 radical (unpaired) electrons. The van der Waals surface area contributed by atoms with Crippen LogP contribution in [-0.4, -0.2) is 37.5 Å². The van der Waals surface area contributed by atoms with Crippen molar-refractivity contribution in [1.82, 2.24) is 0 Å². The van der Waals surface area contributed by atoms with E-state index < -0.39 is 18.4 Å². The minimum Gasteiger partial charge on any atom is -0.491 e. The SMILES string of the molecule is Cc1cc(C)c(C(=O)P(=O)(OCCOCCOc2ccc3sc4ccccc4c(=O)c3c2)C(=O)c2c(C)cc(C)cc2C)c(C)c1. The number of benzene rings is 4. The topological polar surface area (TPSA) is 96.0 Å². The van der Waals surface area contributed by atoms with Crippen molar-refractivity contribution < 1.29 is 28.2 Å². The Balaban J connectivity index is 1.26. The monoisotopic (exact) mass is 656 g/mol. The predicted molar refractivity (Wildman–Crippen MR) is 185 cm³/mol. The second-order valence-corrected chi connectivity index (χ2v) is 14.8. The van der Waals surface area contributed by atoms with Crippen molar-refractivity contribution in [1.29, 1.82) is 0 Å². The third kappa shape index (κ3) is 6.76. The molecule has 0 atom stereocenters. The van der Waals surface area contributed by atoms with E-state index in [0.717, 1.165) is 20.5 Å². The highest BCUT2D eigenvalue weighted by Gasteiger charge is 2.44. The van der Waals surface area contributed by atoms with Gasteiger partial charge in [0.05, 0.1) is 19.8 Å². The Bertz CT molecular complexity index is 1980. The van der Waals surface area contributed by atoms with Gasteiger partial charge < -0.3 is 14.0 Å². The first-order valence-electron chi connectivity index (χ1n) is 15.1. The molecule has 5 rings (SSSR count). The normalized spacial score (nSPS) is 11.7. The zero-order valence-electron chi connectivity index (χ0n) is 26.9. The number of ether oxygens (including phenoxy) is 2. The standard InChI is InChI=1S/C37H37O7PS/c1-22-17-24(3)33(25(4)18-22)36(39)45(41,37(40)34-26(5)19-23(2)20-27(34)6)44-16-14-42-13-15-43-28-11-12-32-30(21-28)35(38)29-9-7-8-10-31(29)46-32/h7-12,17-21H,13-16H2,1-6H3. The van der Waals surface area contributed by atoms with Crippen molar-refractivity contribution in [3.05, 3.63) is 121 Å². The van der Waals surface area contributed by atoms with Gasteiger partial charge in [0.2, 0.25) is 0 Å². The molecule has 238 valence electrons. The quantitative estimate of drug-likeness (QED) is 0.0754. The van der Waals surface area contributed by atoms with Crippen molar-refractivity contribution >= 4 is 49.9 Å². The maximum Gasteiger partial charge on any atom is 0.340 e. The number of aryl methyl sites for hydroxylation is 6. The Labute approximate surface area is 272 Å². The summed E-state index contributed by atoms with van der Waals surface area (Å²) in [5, 5.41) is 1.27. The number of rotatable bonds is 12. The minimum absolute atomic E-state index is 0.0122.